The fraction of sp³-hybridized carbons (Fsp3) is 0.455. The first kappa shape index (κ1) is 17.8. The Morgan fingerprint density at radius 2 is 1.93 bits per heavy atom. The van der Waals surface area contributed by atoms with Gasteiger partial charge in [0.05, 0.1) is 11.5 Å². The molecule has 27 heavy (non-hydrogen) atoms. The van der Waals surface area contributed by atoms with E-state index in [1.54, 1.807) is 12.4 Å². The normalized spacial score (nSPS) is 22.3. The molecule has 1 aromatic heterocycles. The third-order valence-electron chi connectivity index (χ3n) is 6.31. The first-order valence-corrected chi connectivity index (χ1v) is 9.88. The summed E-state index contributed by atoms with van der Waals surface area (Å²) >= 11 is 0. The van der Waals surface area contributed by atoms with Crippen molar-refractivity contribution < 1.29 is 9.59 Å². The number of nitrogens with zero attached hydrogens (tertiary/aromatic N) is 2. The first-order valence-electron chi connectivity index (χ1n) is 9.88. The van der Waals surface area contributed by atoms with Gasteiger partial charge in [-0.2, -0.15) is 0 Å². The minimum Gasteiger partial charge on any atom is -0.367 e. The third-order valence-corrected chi connectivity index (χ3v) is 6.31. The maximum absolute atomic E-state index is 13.0. The Morgan fingerprint density at radius 3 is 2.56 bits per heavy atom. The van der Waals surface area contributed by atoms with Crippen molar-refractivity contribution in [3.8, 4) is 0 Å². The lowest BCUT2D eigenvalue weighted by Crippen LogP contribution is -2.54. The van der Waals surface area contributed by atoms with E-state index in [1.165, 1.54) is 0 Å². The number of hydrogen-bond acceptors (Lipinski definition) is 2. The van der Waals surface area contributed by atoms with E-state index in [9.17, 15) is 9.59 Å². The Labute approximate surface area is 160 Å². The minimum atomic E-state index is -0.0631. The number of amides is 2. The zero-order chi connectivity index (χ0) is 18.9. The van der Waals surface area contributed by atoms with Crippen LogP contribution in [0, 0.1) is 5.41 Å². The predicted molar refractivity (Wildman–Crippen MR) is 104 cm³/mol. The number of benzene rings is 1. The van der Waals surface area contributed by atoms with E-state index in [1.807, 2.05) is 34.1 Å². The van der Waals surface area contributed by atoms with E-state index >= 15 is 0 Å². The molecule has 5 nitrogen and oxygen atoms in total. The number of aromatic amines is 1. The Balaban J connectivity index is 1.51. The van der Waals surface area contributed by atoms with Gasteiger partial charge in [-0.3, -0.25) is 9.59 Å². The van der Waals surface area contributed by atoms with E-state index in [-0.39, 0.29) is 23.1 Å². The molecule has 0 unspecified atom stereocenters. The standard InChI is InChI=1S/C22H27N3O2/c1-2-24-16-22(14-19(21(24)27)17-6-4-3-5-7-17)9-12-25(13-10-22)20(26)18-8-11-23-15-18/h3-8,11,15,19,23H,2,9-10,12-14,16H2,1H3/t19-/m0/s1. The van der Waals surface area contributed by atoms with E-state index < -0.39 is 0 Å². The molecule has 2 aliphatic heterocycles. The average Bonchev–Trinajstić information content (AvgIpc) is 3.25. The van der Waals surface area contributed by atoms with Crippen LogP contribution in [-0.2, 0) is 4.79 Å². The molecule has 0 aliphatic carbocycles. The van der Waals surface area contributed by atoms with Crippen molar-refractivity contribution in [3.63, 3.8) is 0 Å². The van der Waals surface area contributed by atoms with Crippen molar-refractivity contribution in [1.82, 2.24) is 14.8 Å². The van der Waals surface area contributed by atoms with Gasteiger partial charge in [-0.05, 0) is 43.2 Å². The van der Waals surface area contributed by atoms with Gasteiger partial charge in [0.2, 0.25) is 5.91 Å². The van der Waals surface area contributed by atoms with Gasteiger partial charge in [-0.15, -0.1) is 0 Å². The lowest BCUT2D eigenvalue weighted by Gasteiger charge is -2.49. The van der Waals surface area contributed by atoms with Crippen molar-refractivity contribution in [2.45, 2.75) is 32.1 Å². The molecular formula is C22H27N3O2. The summed E-state index contributed by atoms with van der Waals surface area (Å²) in [6.07, 6.45) is 6.34. The van der Waals surface area contributed by atoms with Crippen LogP contribution in [0.2, 0.25) is 0 Å². The molecule has 1 spiro atoms. The van der Waals surface area contributed by atoms with Crippen LogP contribution in [-0.4, -0.2) is 52.8 Å². The number of carbonyl (C=O) groups is 2. The van der Waals surface area contributed by atoms with E-state index in [0.29, 0.717) is 0 Å². The smallest absolute Gasteiger partial charge is 0.255 e. The van der Waals surface area contributed by atoms with Crippen LogP contribution in [0.1, 0.15) is 48.0 Å². The van der Waals surface area contributed by atoms with E-state index in [0.717, 1.165) is 56.6 Å². The molecule has 2 amide bonds. The van der Waals surface area contributed by atoms with Gasteiger partial charge in [-0.1, -0.05) is 30.3 Å². The molecule has 0 saturated carbocycles. The summed E-state index contributed by atoms with van der Waals surface area (Å²) in [4.78, 5) is 32.5. The molecule has 142 valence electrons. The largest absolute Gasteiger partial charge is 0.367 e. The summed E-state index contributed by atoms with van der Waals surface area (Å²) in [6.45, 7) is 5.14. The number of hydrogen-bond donors (Lipinski definition) is 1. The van der Waals surface area contributed by atoms with Gasteiger partial charge in [-0.25, -0.2) is 0 Å². The van der Waals surface area contributed by atoms with Crippen LogP contribution in [0.4, 0.5) is 0 Å². The van der Waals surface area contributed by atoms with Gasteiger partial charge in [0.25, 0.3) is 5.91 Å². The van der Waals surface area contributed by atoms with Crippen LogP contribution in [0.25, 0.3) is 0 Å². The Kier molecular flexibility index (Phi) is 4.77. The molecule has 5 heteroatoms. The maximum atomic E-state index is 13.0. The summed E-state index contributed by atoms with van der Waals surface area (Å²) < 4.78 is 0. The summed E-state index contributed by atoms with van der Waals surface area (Å²) in [5.74, 6) is 0.289. The summed E-state index contributed by atoms with van der Waals surface area (Å²) in [5.41, 5.74) is 1.95. The van der Waals surface area contributed by atoms with Crippen LogP contribution in [0.5, 0.6) is 0 Å². The van der Waals surface area contributed by atoms with Crippen molar-refractivity contribution in [3.05, 3.63) is 59.9 Å². The third kappa shape index (κ3) is 3.38. The summed E-state index contributed by atoms with van der Waals surface area (Å²) in [5, 5.41) is 0. The van der Waals surface area contributed by atoms with Gasteiger partial charge < -0.3 is 14.8 Å². The Hall–Kier alpha value is -2.56. The fourth-order valence-corrected chi connectivity index (χ4v) is 4.69. The molecule has 2 fully saturated rings. The highest BCUT2D eigenvalue weighted by Gasteiger charge is 2.46. The lowest BCUT2D eigenvalue weighted by molar-refractivity contribution is -0.141. The summed E-state index contributed by atoms with van der Waals surface area (Å²) in [7, 11) is 0. The van der Waals surface area contributed by atoms with Crippen molar-refractivity contribution >= 4 is 11.8 Å². The van der Waals surface area contributed by atoms with Crippen LogP contribution in [0.3, 0.4) is 0 Å². The Bertz CT molecular complexity index is 792. The number of likely N-dealkylation sites (tertiary alicyclic amines) is 2. The van der Waals surface area contributed by atoms with Crippen LogP contribution in [0.15, 0.2) is 48.8 Å². The van der Waals surface area contributed by atoms with E-state index in [2.05, 4.69) is 24.0 Å². The quantitative estimate of drug-likeness (QED) is 0.908. The molecule has 3 heterocycles. The van der Waals surface area contributed by atoms with Gasteiger partial charge in [0.1, 0.15) is 0 Å². The highest BCUT2D eigenvalue weighted by Crippen LogP contribution is 2.45. The maximum Gasteiger partial charge on any atom is 0.255 e. The SMILES string of the molecule is CCN1CC2(CCN(C(=O)c3cc[nH]c3)CC2)C[C@@H](c2ccccc2)C1=O. The van der Waals surface area contributed by atoms with Gasteiger partial charge >= 0.3 is 0 Å². The second-order valence-corrected chi connectivity index (χ2v) is 7.91. The molecule has 0 radical (unpaired) electrons. The van der Waals surface area contributed by atoms with Crippen molar-refractivity contribution in [2.75, 3.05) is 26.2 Å². The Morgan fingerprint density at radius 1 is 1.19 bits per heavy atom. The second-order valence-electron chi connectivity index (χ2n) is 7.91. The number of aromatic nitrogens is 1. The van der Waals surface area contributed by atoms with Crippen molar-refractivity contribution in [1.29, 1.82) is 0 Å². The highest BCUT2D eigenvalue weighted by atomic mass is 16.2. The van der Waals surface area contributed by atoms with Crippen LogP contribution < -0.4 is 0 Å². The number of rotatable bonds is 3. The molecule has 1 N–H and O–H groups in total. The molecule has 4 rings (SSSR count). The molecule has 0 bridgehead atoms. The highest BCUT2D eigenvalue weighted by molar-refractivity contribution is 5.94. The fourth-order valence-electron chi connectivity index (χ4n) is 4.69. The van der Waals surface area contributed by atoms with Gasteiger partial charge in [0.15, 0.2) is 0 Å². The number of likely N-dealkylation sites (N-methyl/N-ethyl adjacent to an activating group) is 1. The zero-order valence-electron chi connectivity index (χ0n) is 15.9. The second kappa shape index (κ2) is 7.22. The predicted octanol–water partition coefficient (Wildman–Crippen LogP) is 3.27. The van der Waals surface area contributed by atoms with Gasteiger partial charge in [0, 0.05) is 38.6 Å². The van der Waals surface area contributed by atoms with Crippen LogP contribution >= 0.6 is 0 Å². The molecule has 1 aromatic carbocycles. The van der Waals surface area contributed by atoms with Crippen molar-refractivity contribution in [2.24, 2.45) is 5.41 Å². The molecule has 1 atom stereocenters. The monoisotopic (exact) mass is 365 g/mol. The molecule has 2 aliphatic rings. The first-order chi connectivity index (χ1) is 13.1. The average molecular weight is 365 g/mol. The zero-order valence-corrected chi connectivity index (χ0v) is 15.9. The number of nitrogens with one attached hydrogen (secondary N) is 1. The number of piperidine rings is 2. The molecular weight excluding hydrogens is 338 g/mol. The topological polar surface area (TPSA) is 56.4 Å². The molecule has 2 aromatic rings. The van der Waals surface area contributed by atoms with E-state index in [4.69, 9.17) is 0 Å². The molecule has 2 saturated heterocycles. The summed E-state index contributed by atoms with van der Waals surface area (Å²) in [6, 6.07) is 12.0. The number of carbonyl (C=O) groups excluding carboxylic acids is 2. The number of H-pyrrole nitrogens is 1. The minimum absolute atomic E-state index is 0.0631. The lowest BCUT2D eigenvalue weighted by atomic mass is 9.67.